The highest BCUT2D eigenvalue weighted by atomic mass is 32.2. The van der Waals surface area contributed by atoms with Gasteiger partial charge in [0.05, 0.1) is 11.4 Å². The summed E-state index contributed by atoms with van der Waals surface area (Å²) in [4.78, 5) is 22.5. The largest absolute Gasteiger partial charge is 0.372 e. The summed E-state index contributed by atoms with van der Waals surface area (Å²) in [5.41, 5.74) is 4.97. The number of fused-ring (bicyclic) bond motifs is 2. The van der Waals surface area contributed by atoms with Crippen molar-refractivity contribution in [3.05, 3.63) is 72.3 Å². The summed E-state index contributed by atoms with van der Waals surface area (Å²) in [7, 11) is 0. The fourth-order valence-corrected chi connectivity index (χ4v) is 5.41. The number of amides is 1. The Morgan fingerprint density at radius 2 is 1.19 bits per heavy atom. The number of carbonyl (C=O) groups excluding carboxylic acids is 1. The minimum Gasteiger partial charge on any atom is -0.372 e. The predicted molar refractivity (Wildman–Crippen MR) is 137 cm³/mol. The molecule has 0 saturated carbocycles. The molecule has 4 rings (SSSR count). The van der Waals surface area contributed by atoms with Crippen LogP contribution in [0.5, 0.6) is 0 Å². The standard InChI is InChI=1S/C27H31N3OS/c1-5-28(6-2)21-14-16-23-25(18-21)32-26-19-22(29(7-3)8-4)15-17-24(26)30(23)27(31)20-12-10-9-11-13-20/h9-19H,5-8H2,1-4H3. The molecule has 0 aliphatic carbocycles. The van der Waals surface area contributed by atoms with E-state index in [9.17, 15) is 4.79 Å². The molecule has 0 saturated heterocycles. The van der Waals surface area contributed by atoms with Crippen LogP contribution in [0.3, 0.4) is 0 Å². The van der Waals surface area contributed by atoms with E-state index >= 15 is 0 Å². The van der Waals surface area contributed by atoms with Crippen LogP contribution < -0.4 is 14.7 Å². The maximum Gasteiger partial charge on any atom is 0.262 e. The summed E-state index contributed by atoms with van der Waals surface area (Å²) < 4.78 is 0. The summed E-state index contributed by atoms with van der Waals surface area (Å²) in [6, 6.07) is 22.5. The van der Waals surface area contributed by atoms with Crippen LogP contribution in [0.25, 0.3) is 0 Å². The van der Waals surface area contributed by atoms with E-state index < -0.39 is 0 Å². The van der Waals surface area contributed by atoms with Crippen LogP contribution in [-0.2, 0) is 0 Å². The summed E-state index contributed by atoms with van der Waals surface area (Å²) in [5, 5.41) is 0. The molecular weight excluding hydrogens is 414 g/mol. The van der Waals surface area contributed by atoms with Gasteiger partial charge < -0.3 is 9.80 Å². The van der Waals surface area contributed by atoms with Crippen molar-refractivity contribution in [2.45, 2.75) is 37.5 Å². The molecular formula is C27H31N3OS. The van der Waals surface area contributed by atoms with Crippen LogP contribution in [0, 0.1) is 0 Å². The van der Waals surface area contributed by atoms with Crippen LogP contribution in [0.2, 0.25) is 0 Å². The van der Waals surface area contributed by atoms with E-state index in [0.29, 0.717) is 5.56 Å². The Bertz CT molecular complexity index is 1030. The van der Waals surface area contributed by atoms with Crippen LogP contribution in [-0.4, -0.2) is 32.1 Å². The molecule has 0 atom stereocenters. The molecule has 32 heavy (non-hydrogen) atoms. The Labute approximate surface area is 195 Å². The van der Waals surface area contributed by atoms with Crippen molar-refractivity contribution in [1.82, 2.24) is 0 Å². The SMILES string of the molecule is CCN(CC)c1ccc2c(c1)Sc1cc(N(CC)CC)ccc1N2C(=O)c1ccccc1. The molecule has 1 aliphatic rings. The van der Waals surface area contributed by atoms with Gasteiger partial charge in [0.1, 0.15) is 0 Å². The zero-order chi connectivity index (χ0) is 22.7. The van der Waals surface area contributed by atoms with E-state index in [2.05, 4.69) is 73.9 Å². The molecule has 0 radical (unpaired) electrons. The molecule has 1 amide bonds. The molecule has 4 nitrogen and oxygen atoms in total. The molecule has 3 aromatic carbocycles. The summed E-state index contributed by atoms with van der Waals surface area (Å²) in [5.74, 6) is -0.000390. The highest BCUT2D eigenvalue weighted by Gasteiger charge is 2.30. The lowest BCUT2D eigenvalue weighted by Crippen LogP contribution is -2.29. The third-order valence-electron chi connectivity index (χ3n) is 6.07. The van der Waals surface area contributed by atoms with Gasteiger partial charge in [0.2, 0.25) is 0 Å². The number of nitrogens with zero attached hydrogens (tertiary/aromatic N) is 3. The topological polar surface area (TPSA) is 26.8 Å². The van der Waals surface area contributed by atoms with E-state index in [4.69, 9.17) is 0 Å². The van der Waals surface area contributed by atoms with Crippen LogP contribution >= 0.6 is 11.8 Å². The monoisotopic (exact) mass is 445 g/mol. The molecule has 0 bridgehead atoms. The highest BCUT2D eigenvalue weighted by molar-refractivity contribution is 7.99. The predicted octanol–water partition coefficient (Wildman–Crippen LogP) is 6.82. The average molecular weight is 446 g/mol. The highest BCUT2D eigenvalue weighted by Crippen LogP contribution is 2.50. The lowest BCUT2D eigenvalue weighted by atomic mass is 10.1. The van der Waals surface area contributed by atoms with Gasteiger partial charge in [-0.1, -0.05) is 30.0 Å². The van der Waals surface area contributed by atoms with Crippen molar-refractivity contribution >= 4 is 40.4 Å². The van der Waals surface area contributed by atoms with Crippen molar-refractivity contribution < 1.29 is 4.79 Å². The van der Waals surface area contributed by atoms with Crippen molar-refractivity contribution in [1.29, 1.82) is 0 Å². The summed E-state index contributed by atoms with van der Waals surface area (Å²) in [6.45, 7) is 12.5. The zero-order valence-electron chi connectivity index (χ0n) is 19.3. The fraction of sp³-hybridized carbons (Fsp3) is 0.296. The Morgan fingerprint density at radius 3 is 1.62 bits per heavy atom. The van der Waals surface area contributed by atoms with Gasteiger partial charge in [0.15, 0.2) is 0 Å². The van der Waals surface area contributed by atoms with Crippen LogP contribution in [0.15, 0.2) is 76.5 Å². The third kappa shape index (κ3) is 4.09. The van der Waals surface area contributed by atoms with E-state index in [0.717, 1.165) is 47.3 Å². The number of hydrogen-bond acceptors (Lipinski definition) is 4. The van der Waals surface area contributed by atoms with Gasteiger partial charge in [0, 0.05) is 52.9 Å². The van der Waals surface area contributed by atoms with Crippen LogP contribution in [0.4, 0.5) is 22.7 Å². The van der Waals surface area contributed by atoms with E-state index in [1.807, 2.05) is 35.2 Å². The van der Waals surface area contributed by atoms with Gasteiger partial charge in [-0.3, -0.25) is 9.69 Å². The van der Waals surface area contributed by atoms with Gasteiger partial charge in [-0.05, 0) is 76.2 Å². The van der Waals surface area contributed by atoms with E-state index in [1.165, 1.54) is 11.4 Å². The molecule has 0 N–H and O–H groups in total. The average Bonchev–Trinajstić information content (AvgIpc) is 2.84. The molecule has 166 valence electrons. The lowest BCUT2D eigenvalue weighted by Gasteiger charge is -2.33. The number of benzene rings is 3. The summed E-state index contributed by atoms with van der Waals surface area (Å²) >= 11 is 1.76. The van der Waals surface area contributed by atoms with Gasteiger partial charge in [-0.15, -0.1) is 0 Å². The quantitative estimate of drug-likeness (QED) is 0.399. The number of hydrogen-bond donors (Lipinski definition) is 0. The lowest BCUT2D eigenvalue weighted by molar-refractivity contribution is 0.0998. The van der Waals surface area contributed by atoms with Crippen molar-refractivity contribution in [3.63, 3.8) is 0 Å². The summed E-state index contributed by atoms with van der Waals surface area (Å²) in [6.07, 6.45) is 0. The maximum atomic E-state index is 13.7. The molecule has 0 fully saturated rings. The first-order valence-electron chi connectivity index (χ1n) is 11.5. The number of anilines is 4. The molecule has 3 aromatic rings. The van der Waals surface area contributed by atoms with Crippen molar-refractivity contribution in [2.75, 3.05) is 40.9 Å². The van der Waals surface area contributed by atoms with Gasteiger partial charge >= 0.3 is 0 Å². The normalized spacial score (nSPS) is 12.2. The molecule has 0 aromatic heterocycles. The Hall–Kier alpha value is -2.92. The van der Waals surface area contributed by atoms with E-state index in [-0.39, 0.29) is 5.91 Å². The second-order valence-electron chi connectivity index (χ2n) is 7.76. The molecule has 1 aliphatic heterocycles. The van der Waals surface area contributed by atoms with Crippen LogP contribution in [0.1, 0.15) is 38.1 Å². The Balaban J connectivity index is 1.85. The minimum absolute atomic E-state index is 0.000390. The van der Waals surface area contributed by atoms with Gasteiger partial charge in [-0.2, -0.15) is 0 Å². The molecule has 1 heterocycles. The minimum atomic E-state index is -0.000390. The van der Waals surface area contributed by atoms with Gasteiger partial charge in [-0.25, -0.2) is 0 Å². The first-order valence-corrected chi connectivity index (χ1v) is 12.3. The second-order valence-corrected chi connectivity index (χ2v) is 8.84. The second kappa shape index (κ2) is 9.70. The zero-order valence-corrected chi connectivity index (χ0v) is 20.2. The number of rotatable bonds is 7. The van der Waals surface area contributed by atoms with Gasteiger partial charge in [0.25, 0.3) is 5.91 Å². The first kappa shape index (κ1) is 22.3. The first-order chi connectivity index (χ1) is 15.6. The molecule has 5 heteroatoms. The van der Waals surface area contributed by atoms with Crippen molar-refractivity contribution in [3.8, 4) is 0 Å². The maximum absolute atomic E-state index is 13.7. The molecule has 0 unspecified atom stereocenters. The number of carbonyl (C=O) groups is 1. The Morgan fingerprint density at radius 1 is 0.719 bits per heavy atom. The smallest absolute Gasteiger partial charge is 0.262 e. The third-order valence-corrected chi connectivity index (χ3v) is 7.16. The molecule has 0 spiro atoms. The Kier molecular flexibility index (Phi) is 6.75. The van der Waals surface area contributed by atoms with Crippen molar-refractivity contribution in [2.24, 2.45) is 0 Å². The van der Waals surface area contributed by atoms with E-state index in [1.54, 1.807) is 11.8 Å². The fourth-order valence-electron chi connectivity index (χ4n) is 4.29.